The molecule has 0 aliphatic rings. The maximum Gasteiger partial charge on any atom is 0.340 e. The van der Waals surface area contributed by atoms with Crippen molar-refractivity contribution >= 4 is 22.7 Å². The van der Waals surface area contributed by atoms with E-state index in [1.54, 1.807) is 36.1 Å². The van der Waals surface area contributed by atoms with Crippen molar-refractivity contribution in [2.24, 2.45) is 7.05 Å². The fourth-order valence-corrected chi connectivity index (χ4v) is 4.99. The van der Waals surface area contributed by atoms with E-state index < -0.39 is 11.8 Å². The molecule has 0 aliphatic carbocycles. The van der Waals surface area contributed by atoms with Gasteiger partial charge in [-0.15, -0.1) is 10.2 Å². The molecule has 3 aromatic heterocycles. The largest absolute Gasteiger partial charge is 0.465 e. The molecule has 0 spiro atoms. The molecular formula is C32H27FN6O2. The Morgan fingerprint density at radius 3 is 2.24 bits per heavy atom. The lowest BCUT2D eigenvalue weighted by Gasteiger charge is -2.25. The Balaban J connectivity index is 1.48. The van der Waals surface area contributed by atoms with Gasteiger partial charge in [0.25, 0.3) is 0 Å². The zero-order chi connectivity index (χ0) is 28.3. The normalized spacial score (nSPS) is 11.1. The number of nitrogens with one attached hydrogen (secondary N) is 1. The number of H-pyrrole nitrogens is 1. The van der Waals surface area contributed by atoms with E-state index in [4.69, 9.17) is 9.72 Å². The summed E-state index contributed by atoms with van der Waals surface area (Å²) < 4.78 is 22.3. The number of aromatic nitrogens is 5. The van der Waals surface area contributed by atoms with Crippen LogP contribution in [0.3, 0.4) is 0 Å². The number of nitrogens with zero attached hydrogens (tertiary/aromatic N) is 5. The van der Waals surface area contributed by atoms with Gasteiger partial charge in [-0.05, 0) is 29.3 Å². The number of methoxy groups -OCH3 is 1. The number of fused-ring (bicyclic) bond motifs is 1. The second kappa shape index (κ2) is 11.1. The minimum absolute atomic E-state index is 0.296. The van der Waals surface area contributed by atoms with E-state index in [-0.39, 0.29) is 0 Å². The van der Waals surface area contributed by atoms with Gasteiger partial charge in [0.05, 0.1) is 18.2 Å². The van der Waals surface area contributed by atoms with Crippen LogP contribution in [-0.2, 0) is 24.9 Å². The van der Waals surface area contributed by atoms with Crippen LogP contribution < -0.4 is 4.90 Å². The van der Waals surface area contributed by atoms with Crippen LogP contribution in [-0.4, -0.2) is 37.8 Å². The molecule has 0 unspecified atom stereocenters. The molecule has 6 rings (SSSR count). The van der Waals surface area contributed by atoms with E-state index in [0.717, 1.165) is 11.1 Å². The Morgan fingerprint density at radius 2 is 1.66 bits per heavy atom. The molecule has 9 heteroatoms. The number of carbonyl (C=O) groups is 1. The summed E-state index contributed by atoms with van der Waals surface area (Å²) in [5, 5.41) is 8.56. The van der Waals surface area contributed by atoms with E-state index in [1.165, 1.54) is 19.4 Å². The molecule has 41 heavy (non-hydrogen) atoms. The number of aryl methyl sites for hydroxylation is 1. The van der Waals surface area contributed by atoms with Crippen molar-refractivity contribution in [3.8, 4) is 22.6 Å². The summed E-state index contributed by atoms with van der Waals surface area (Å²) in [4.78, 5) is 23.0. The molecule has 0 aliphatic heterocycles. The van der Waals surface area contributed by atoms with E-state index in [0.29, 0.717) is 58.0 Å². The first kappa shape index (κ1) is 25.9. The Morgan fingerprint density at radius 1 is 0.976 bits per heavy atom. The molecule has 0 fully saturated rings. The Kier molecular flexibility index (Phi) is 6.99. The third-order valence-corrected chi connectivity index (χ3v) is 7.01. The molecule has 0 saturated heterocycles. The molecule has 3 heterocycles. The predicted molar refractivity (Wildman–Crippen MR) is 156 cm³/mol. The fourth-order valence-electron chi connectivity index (χ4n) is 4.99. The zero-order valence-electron chi connectivity index (χ0n) is 22.6. The van der Waals surface area contributed by atoms with Crippen LogP contribution in [0, 0.1) is 5.82 Å². The van der Waals surface area contributed by atoms with Crippen molar-refractivity contribution < 1.29 is 13.9 Å². The number of halogens is 1. The smallest absolute Gasteiger partial charge is 0.340 e. The van der Waals surface area contributed by atoms with Gasteiger partial charge in [-0.25, -0.2) is 14.2 Å². The molecule has 6 aromatic rings. The highest BCUT2D eigenvalue weighted by Crippen LogP contribution is 2.35. The maximum absolute atomic E-state index is 15.6. The summed E-state index contributed by atoms with van der Waals surface area (Å²) in [5.74, 6) is 0.249. The molecule has 0 saturated carbocycles. The third kappa shape index (κ3) is 5.17. The van der Waals surface area contributed by atoms with Gasteiger partial charge in [0.1, 0.15) is 12.1 Å². The highest BCUT2D eigenvalue weighted by molar-refractivity contribution is 6.07. The zero-order valence-corrected chi connectivity index (χ0v) is 22.6. The Labute approximate surface area is 236 Å². The lowest BCUT2D eigenvalue weighted by molar-refractivity contribution is 0.0602. The van der Waals surface area contributed by atoms with Crippen molar-refractivity contribution in [1.29, 1.82) is 0 Å². The topological polar surface area (TPSA) is 88.9 Å². The van der Waals surface area contributed by atoms with Gasteiger partial charge < -0.3 is 19.2 Å². The molecular weight excluding hydrogens is 519 g/mol. The van der Waals surface area contributed by atoms with Crippen LogP contribution in [0.25, 0.3) is 33.5 Å². The minimum atomic E-state index is -0.518. The van der Waals surface area contributed by atoms with Crippen LogP contribution in [0.15, 0.2) is 97.5 Å². The second-order valence-electron chi connectivity index (χ2n) is 9.75. The first-order chi connectivity index (χ1) is 20.0. The van der Waals surface area contributed by atoms with Crippen molar-refractivity contribution in [3.05, 3.63) is 120 Å². The minimum Gasteiger partial charge on any atom is -0.465 e. The summed E-state index contributed by atoms with van der Waals surface area (Å²) in [6.45, 7) is 1.15. The van der Waals surface area contributed by atoms with Gasteiger partial charge in [-0.2, -0.15) is 0 Å². The summed E-state index contributed by atoms with van der Waals surface area (Å²) in [6, 6.07) is 26.9. The van der Waals surface area contributed by atoms with E-state index in [1.807, 2.05) is 36.4 Å². The predicted octanol–water partition coefficient (Wildman–Crippen LogP) is 6.16. The average molecular weight is 547 g/mol. The average Bonchev–Trinajstić information content (AvgIpc) is 3.63. The van der Waals surface area contributed by atoms with Crippen molar-refractivity contribution in [1.82, 2.24) is 24.7 Å². The number of pyridine rings is 1. The van der Waals surface area contributed by atoms with E-state index in [2.05, 4.69) is 44.3 Å². The van der Waals surface area contributed by atoms with Crippen molar-refractivity contribution in [2.75, 3.05) is 12.0 Å². The fraction of sp³-hybridized carbons (Fsp3) is 0.125. The highest BCUT2D eigenvalue weighted by Gasteiger charge is 2.22. The van der Waals surface area contributed by atoms with Gasteiger partial charge >= 0.3 is 5.97 Å². The number of benzene rings is 3. The van der Waals surface area contributed by atoms with Gasteiger partial charge in [0.15, 0.2) is 11.6 Å². The monoisotopic (exact) mass is 546 g/mol. The first-order valence-electron chi connectivity index (χ1n) is 13.1. The molecule has 8 nitrogen and oxygen atoms in total. The highest BCUT2D eigenvalue weighted by atomic mass is 19.1. The lowest BCUT2D eigenvalue weighted by atomic mass is 10.1. The van der Waals surface area contributed by atoms with Gasteiger partial charge in [0.2, 0.25) is 0 Å². The van der Waals surface area contributed by atoms with Crippen molar-refractivity contribution in [3.63, 3.8) is 0 Å². The molecule has 3 aromatic carbocycles. The van der Waals surface area contributed by atoms with E-state index in [9.17, 15) is 4.79 Å². The molecule has 0 radical (unpaired) electrons. The summed E-state index contributed by atoms with van der Waals surface area (Å²) >= 11 is 0. The Bertz CT molecular complexity index is 1790. The molecule has 1 N–H and O–H groups in total. The number of anilines is 1. The standard InChI is InChI=1S/C32H27FN6O2/c1-38-20-35-37-30(38)23-13-14-24(27(33)15-23)28-16-25-26(32(40)41-2)17-34-31(29(25)36-28)39(18-21-9-5-3-6-10-21)19-22-11-7-4-8-12-22/h3-17,20,36H,18-19H2,1-2H3. The number of hydrogen-bond donors (Lipinski definition) is 1. The number of ether oxygens (including phenoxy) is 1. The molecule has 0 atom stereocenters. The number of carbonyl (C=O) groups excluding carboxylic acids is 1. The van der Waals surface area contributed by atoms with Gasteiger partial charge in [0, 0.05) is 48.5 Å². The summed E-state index contributed by atoms with van der Waals surface area (Å²) in [5.41, 5.74) is 4.60. The van der Waals surface area contributed by atoms with Crippen LogP contribution in [0.2, 0.25) is 0 Å². The van der Waals surface area contributed by atoms with Crippen LogP contribution in [0.5, 0.6) is 0 Å². The first-order valence-corrected chi connectivity index (χ1v) is 13.1. The molecule has 0 amide bonds. The van der Waals surface area contributed by atoms with Gasteiger partial charge in [-0.3, -0.25) is 0 Å². The van der Waals surface area contributed by atoms with Crippen molar-refractivity contribution in [2.45, 2.75) is 13.1 Å². The number of esters is 1. The number of aromatic amines is 1. The quantitative estimate of drug-likeness (QED) is 0.230. The number of hydrogen-bond acceptors (Lipinski definition) is 6. The SMILES string of the molecule is COC(=O)c1cnc(N(Cc2ccccc2)Cc2ccccc2)c2[nH]c(-c3ccc(-c4nncn4C)cc3F)cc12. The third-order valence-electron chi connectivity index (χ3n) is 7.01. The summed E-state index contributed by atoms with van der Waals surface area (Å²) in [6.07, 6.45) is 3.09. The van der Waals surface area contributed by atoms with Crippen LogP contribution >= 0.6 is 0 Å². The van der Waals surface area contributed by atoms with Crippen LogP contribution in [0.1, 0.15) is 21.5 Å². The molecule has 0 bridgehead atoms. The van der Waals surface area contributed by atoms with Crippen LogP contribution in [0.4, 0.5) is 10.2 Å². The number of rotatable bonds is 8. The Hall–Kier alpha value is -5.31. The maximum atomic E-state index is 15.6. The summed E-state index contributed by atoms with van der Waals surface area (Å²) in [7, 11) is 3.13. The second-order valence-corrected chi connectivity index (χ2v) is 9.75. The molecule has 204 valence electrons. The lowest BCUT2D eigenvalue weighted by Crippen LogP contribution is -2.24. The van der Waals surface area contributed by atoms with E-state index >= 15 is 4.39 Å². The van der Waals surface area contributed by atoms with Gasteiger partial charge in [-0.1, -0.05) is 66.7 Å².